The highest BCUT2D eigenvalue weighted by molar-refractivity contribution is 7.99. The van der Waals surface area contributed by atoms with E-state index in [2.05, 4.69) is 6.92 Å². The largest absolute Gasteiger partial charge is 0.494 e. The van der Waals surface area contributed by atoms with Gasteiger partial charge in [-0.15, -0.1) is 0 Å². The van der Waals surface area contributed by atoms with E-state index < -0.39 is 11.6 Å². The molecule has 0 spiro atoms. The number of halogens is 2. The summed E-state index contributed by atoms with van der Waals surface area (Å²) in [6.07, 6.45) is 3.91. The molecular formula is C23H27F2NO2S. The molecule has 6 heteroatoms. The van der Waals surface area contributed by atoms with Crippen molar-refractivity contribution in [2.24, 2.45) is 0 Å². The fourth-order valence-corrected chi connectivity index (χ4v) is 4.64. The second-order valence-corrected chi connectivity index (χ2v) is 8.50. The van der Waals surface area contributed by atoms with E-state index in [1.165, 1.54) is 12.1 Å². The topological polar surface area (TPSA) is 29.5 Å². The number of hydrogen-bond donors (Lipinski definition) is 0. The number of rotatable bonds is 7. The summed E-state index contributed by atoms with van der Waals surface area (Å²) in [6.45, 7) is 3.94. The van der Waals surface area contributed by atoms with Gasteiger partial charge in [-0.1, -0.05) is 19.8 Å². The van der Waals surface area contributed by atoms with Gasteiger partial charge in [-0.3, -0.25) is 4.79 Å². The molecule has 1 heterocycles. The molecular weight excluding hydrogens is 392 g/mol. The van der Waals surface area contributed by atoms with Crippen LogP contribution >= 0.6 is 11.8 Å². The molecule has 1 amide bonds. The van der Waals surface area contributed by atoms with Gasteiger partial charge in [0.25, 0.3) is 5.91 Å². The second-order valence-electron chi connectivity index (χ2n) is 7.19. The Morgan fingerprint density at radius 2 is 1.93 bits per heavy atom. The van der Waals surface area contributed by atoms with Crippen molar-refractivity contribution in [2.45, 2.75) is 37.9 Å². The molecule has 0 aromatic heterocycles. The van der Waals surface area contributed by atoms with Gasteiger partial charge in [0.1, 0.15) is 17.4 Å². The highest BCUT2D eigenvalue weighted by atomic mass is 32.2. The molecule has 1 unspecified atom stereocenters. The fraction of sp³-hybridized carbons (Fsp3) is 0.435. The van der Waals surface area contributed by atoms with Crippen molar-refractivity contribution in [3.05, 3.63) is 65.2 Å². The van der Waals surface area contributed by atoms with Crippen LogP contribution in [0.2, 0.25) is 0 Å². The highest BCUT2D eigenvalue weighted by Crippen LogP contribution is 2.36. The Labute approximate surface area is 175 Å². The van der Waals surface area contributed by atoms with Gasteiger partial charge in [0.05, 0.1) is 6.61 Å². The fourth-order valence-electron chi connectivity index (χ4n) is 3.40. The number of carbonyl (C=O) groups excluding carboxylic acids is 1. The van der Waals surface area contributed by atoms with E-state index in [1.54, 1.807) is 28.8 Å². The molecule has 1 saturated heterocycles. The van der Waals surface area contributed by atoms with Crippen LogP contribution in [0.1, 0.15) is 53.8 Å². The summed E-state index contributed by atoms with van der Waals surface area (Å²) in [7, 11) is 0. The minimum absolute atomic E-state index is 0.0384. The van der Waals surface area contributed by atoms with Crippen LogP contribution < -0.4 is 4.74 Å². The van der Waals surface area contributed by atoms with Crippen LogP contribution in [0, 0.1) is 11.6 Å². The molecule has 2 aromatic rings. The average Bonchev–Trinajstić information content (AvgIpc) is 2.99. The molecule has 0 bridgehead atoms. The Hall–Kier alpha value is -2.08. The molecule has 0 aliphatic carbocycles. The van der Waals surface area contributed by atoms with Crippen LogP contribution in [-0.2, 0) is 0 Å². The summed E-state index contributed by atoms with van der Waals surface area (Å²) in [6, 6.07) is 10.8. The predicted octanol–water partition coefficient (Wildman–Crippen LogP) is 5.85. The van der Waals surface area contributed by atoms with Crippen LogP contribution in [-0.4, -0.2) is 36.3 Å². The molecule has 0 N–H and O–H groups in total. The monoisotopic (exact) mass is 419 g/mol. The molecule has 29 heavy (non-hydrogen) atoms. The van der Waals surface area contributed by atoms with Gasteiger partial charge in [-0.2, -0.15) is 11.8 Å². The molecule has 1 atom stereocenters. The first kappa shape index (κ1) is 21.6. The lowest BCUT2D eigenvalue weighted by molar-refractivity contribution is 0.0766. The summed E-state index contributed by atoms with van der Waals surface area (Å²) in [5.74, 6) is 0.592. The van der Waals surface area contributed by atoms with Crippen molar-refractivity contribution < 1.29 is 18.3 Å². The molecule has 0 saturated carbocycles. The van der Waals surface area contributed by atoms with E-state index in [0.717, 1.165) is 31.1 Å². The van der Waals surface area contributed by atoms with Crippen molar-refractivity contribution in [1.82, 2.24) is 4.90 Å². The first-order valence-electron chi connectivity index (χ1n) is 10.2. The Bertz CT molecular complexity index is 813. The Morgan fingerprint density at radius 3 is 2.69 bits per heavy atom. The van der Waals surface area contributed by atoms with E-state index in [9.17, 15) is 13.6 Å². The van der Waals surface area contributed by atoms with Gasteiger partial charge in [0, 0.05) is 35.2 Å². The number of ether oxygens (including phenoxy) is 1. The maximum absolute atomic E-state index is 14.1. The zero-order valence-electron chi connectivity index (χ0n) is 16.7. The van der Waals surface area contributed by atoms with Crippen molar-refractivity contribution in [1.29, 1.82) is 0 Å². The Kier molecular flexibility index (Phi) is 7.92. The molecule has 3 nitrogen and oxygen atoms in total. The normalized spacial score (nSPS) is 17.1. The summed E-state index contributed by atoms with van der Waals surface area (Å²) in [4.78, 5) is 14.7. The lowest BCUT2D eigenvalue weighted by atomic mass is 10.1. The zero-order chi connectivity index (χ0) is 20.6. The smallest absolute Gasteiger partial charge is 0.253 e. The minimum Gasteiger partial charge on any atom is -0.494 e. The molecule has 156 valence electrons. The average molecular weight is 420 g/mol. The molecule has 1 aliphatic rings. The number of thioether (sulfide) groups is 1. The number of amides is 1. The van der Waals surface area contributed by atoms with Gasteiger partial charge in [0.15, 0.2) is 0 Å². The summed E-state index contributed by atoms with van der Waals surface area (Å²) in [5, 5.41) is -0.151. The number of nitrogens with zero attached hydrogens (tertiary/aromatic N) is 1. The van der Waals surface area contributed by atoms with E-state index in [1.807, 2.05) is 12.1 Å². The van der Waals surface area contributed by atoms with Crippen LogP contribution in [0.3, 0.4) is 0 Å². The van der Waals surface area contributed by atoms with Crippen LogP contribution in [0.4, 0.5) is 8.78 Å². The summed E-state index contributed by atoms with van der Waals surface area (Å²) >= 11 is 1.57. The van der Waals surface area contributed by atoms with E-state index >= 15 is 0 Å². The predicted molar refractivity (Wildman–Crippen MR) is 114 cm³/mol. The molecule has 3 rings (SSSR count). The number of unbranched alkanes of at least 4 members (excludes halogenated alkanes) is 2. The van der Waals surface area contributed by atoms with Gasteiger partial charge in [-0.05, 0) is 55.3 Å². The lowest BCUT2D eigenvalue weighted by Crippen LogP contribution is -2.32. The third kappa shape index (κ3) is 5.95. The lowest BCUT2D eigenvalue weighted by Gasteiger charge is -2.20. The van der Waals surface area contributed by atoms with Crippen LogP contribution in [0.15, 0.2) is 42.5 Å². The number of benzene rings is 2. The third-order valence-corrected chi connectivity index (χ3v) is 6.36. The number of carbonyl (C=O) groups is 1. The van der Waals surface area contributed by atoms with Gasteiger partial charge >= 0.3 is 0 Å². The standard InChI is InChI=1S/C23H27F2NO2S/c1-2-3-4-14-28-19-8-5-17(6-9-19)23(27)26-12-11-22(29-15-13-26)20-16-18(24)7-10-21(20)25/h5-10,16,22H,2-4,11-15H2,1H3. The van der Waals surface area contributed by atoms with Gasteiger partial charge in [0.2, 0.25) is 0 Å². The van der Waals surface area contributed by atoms with Crippen molar-refractivity contribution >= 4 is 17.7 Å². The zero-order valence-corrected chi connectivity index (χ0v) is 17.5. The van der Waals surface area contributed by atoms with Crippen molar-refractivity contribution in [3.63, 3.8) is 0 Å². The van der Waals surface area contributed by atoms with Crippen LogP contribution in [0.5, 0.6) is 5.75 Å². The van der Waals surface area contributed by atoms with E-state index in [0.29, 0.717) is 43.0 Å². The van der Waals surface area contributed by atoms with Crippen molar-refractivity contribution in [3.8, 4) is 5.75 Å². The molecule has 1 fully saturated rings. The van der Waals surface area contributed by atoms with E-state index in [4.69, 9.17) is 4.74 Å². The molecule has 0 radical (unpaired) electrons. The van der Waals surface area contributed by atoms with E-state index in [-0.39, 0.29) is 11.2 Å². The quantitative estimate of drug-likeness (QED) is 0.527. The van der Waals surface area contributed by atoms with Crippen molar-refractivity contribution in [2.75, 3.05) is 25.4 Å². The van der Waals surface area contributed by atoms with Crippen LogP contribution in [0.25, 0.3) is 0 Å². The highest BCUT2D eigenvalue weighted by Gasteiger charge is 2.25. The van der Waals surface area contributed by atoms with Gasteiger partial charge < -0.3 is 9.64 Å². The summed E-state index contributed by atoms with van der Waals surface area (Å²) < 4.78 is 33.3. The third-order valence-electron chi connectivity index (χ3n) is 5.05. The summed E-state index contributed by atoms with van der Waals surface area (Å²) in [5.41, 5.74) is 1.00. The first-order chi connectivity index (χ1) is 14.1. The SMILES string of the molecule is CCCCCOc1ccc(C(=O)N2CCSC(c3cc(F)ccc3F)CC2)cc1. The maximum Gasteiger partial charge on any atom is 0.253 e. The molecule has 1 aliphatic heterocycles. The second kappa shape index (κ2) is 10.6. The maximum atomic E-state index is 14.1. The Morgan fingerprint density at radius 1 is 1.14 bits per heavy atom. The Balaban J connectivity index is 1.58. The minimum atomic E-state index is -0.434. The first-order valence-corrected chi connectivity index (χ1v) is 11.2. The van der Waals surface area contributed by atoms with Gasteiger partial charge in [-0.25, -0.2) is 8.78 Å². The molecule has 2 aromatic carbocycles. The number of hydrogen-bond acceptors (Lipinski definition) is 3.